The number of nitrogens with zero attached hydrogens (tertiary/aromatic N) is 1. The van der Waals surface area contributed by atoms with Crippen molar-refractivity contribution >= 4 is 44.8 Å². The lowest BCUT2D eigenvalue weighted by Crippen LogP contribution is -2.31. The zero-order valence-corrected chi connectivity index (χ0v) is 21.6. The van der Waals surface area contributed by atoms with E-state index in [-0.39, 0.29) is 16.7 Å². The number of urea groups is 1. The maximum absolute atomic E-state index is 12.9. The highest BCUT2D eigenvalue weighted by atomic mass is 35.5. The highest BCUT2D eigenvalue weighted by Gasteiger charge is 2.17. The summed E-state index contributed by atoms with van der Waals surface area (Å²) in [7, 11) is -3.57. The van der Waals surface area contributed by atoms with Gasteiger partial charge in [-0.3, -0.25) is 4.98 Å². The van der Waals surface area contributed by atoms with Gasteiger partial charge in [-0.25, -0.2) is 13.2 Å². The fourth-order valence-corrected chi connectivity index (χ4v) is 5.49. The summed E-state index contributed by atoms with van der Waals surface area (Å²) in [6.07, 6.45) is 3.46. The van der Waals surface area contributed by atoms with Crippen LogP contribution in [0.15, 0.2) is 96.2 Å². The Labute approximate surface area is 220 Å². The van der Waals surface area contributed by atoms with Gasteiger partial charge in [-0.2, -0.15) is 0 Å². The van der Waals surface area contributed by atoms with Crippen molar-refractivity contribution in [2.75, 3.05) is 5.32 Å². The number of pyridine rings is 1. The van der Waals surface area contributed by atoms with Gasteiger partial charge >= 0.3 is 6.03 Å². The SMILES string of the molecule is C[C@H](NC(=O)Nc1ccc(S(=O)(=O)Cc2ccc(-c3cccnc3)cc2)cc1)c1cccc(Cl)c1Cl. The van der Waals surface area contributed by atoms with Crippen molar-refractivity contribution in [1.82, 2.24) is 10.3 Å². The number of sulfone groups is 1. The van der Waals surface area contributed by atoms with Crippen LogP contribution < -0.4 is 10.6 Å². The average molecular weight is 540 g/mol. The summed E-state index contributed by atoms with van der Waals surface area (Å²) < 4.78 is 25.8. The van der Waals surface area contributed by atoms with Crippen LogP contribution in [0.2, 0.25) is 10.0 Å². The second-order valence-electron chi connectivity index (χ2n) is 8.19. The molecule has 1 atom stereocenters. The summed E-state index contributed by atoms with van der Waals surface area (Å²) >= 11 is 12.3. The summed E-state index contributed by atoms with van der Waals surface area (Å²) in [5.74, 6) is -0.133. The first-order chi connectivity index (χ1) is 17.2. The van der Waals surface area contributed by atoms with Crippen LogP contribution in [0.1, 0.15) is 24.1 Å². The van der Waals surface area contributed by atoms with E-state index >= 15 is 0 Å². The number of carbonyl (C=O) groups is 1. The lowest BCUT2D eigenvalue weighted by molar-refractivity contribution is 0.249. The van der Waals surface area contributed by atoms with Crippen molar-refractivity contribution in [2.24, 2.45) is 0 Å². The van der Waals surface area contributed by atoms with Crippen LogP contribution in [0.3, 0.4) is 0 Å². The number of anilines is 1. The highest BCUT2D eigenvalue weighted by molar-refractivity contribution is 7.90. The molecule has 2 N–H and O–H groups in total. The Morgan fingerprint density at radius 2 is 1.64 bits per heavy atom. The third-order valence-corrected chi connectivity index (χ3v) is 8.11. The van der Waals surface area contributed by atoms with E-state index < -0.39 is 15.9 Å². The third kappa shape index (κ3) is 6.23. The second-order valence-corrected chi connectivity index (χ2v) is 11.0. The zero-order chi connectivity index (χ0) is 25.7. The molecular formula is C27H23Cl2N3O3S. The van der Waals surface area contributed by atoms with Crippen LogP contribution >= 0.6 is 23.2 Å². The van der Waals surface area contributed by atoms with E-state index in [2.05, 4.69) is 15.6 Å². The van der Waals surface area contributed by atoms with E-state index in [9.17, 15) is 13.2 Å². The van der Waals surface area contributed by atoms with Crippen LogP contribution in [-0.2, 0) is 15.6 Å². The van der Waals surface area contributed by atoms with Gasteiger partial charge in [-0.1, -0.05) is 65.7 Å². The van der Waals surface area contributed by atoms with Gasteiger partial charge in [0.25, 0.3) is 0 Å². The summed E-state index contributed by atoms with van der Waals surface area (Å²) in [6.45, 7) is 1.79. The molecular weight excluding hydrogens is 517 g/mol. The van der Waals surface area contributed by atoms with E-state index in [1.165, 1.54) is 12.1 Å². The maximum Gasteiger partial charge on any atom is 0.319 e. The van der Waals surface area contributed by atoms with Crippen molar-refractivity contribution in [1.29, 1.82) is 0 Å². The van der Waals surface area contributed by atoms with E-state index in [1.54, 1.807) is 61.8 Å². The molecule has 0 aliphatic carbocycles. The molecule has 0 bridgehead atoms. The molecule has 4 rings (SSSR count). The van der Waals surface area contributed by atoms with Crippen LogP contribution in [0, 0.1) is 0 Å². The number of hydrogen-bond donors (Lipinski definition) is 2. The first-order valence-electron chi connectivity index (χ1n) is 11.1. The molecule has 0 saturated carbocycles. The standard InChI is InChI=1S/C27H23Cl2N3O3S/c1-18(24-5-2-6-25(28)26(24)29)31-27(33)32-22-11-13-23(14-12-22)36(34,35)17-19-7-9-20(10-8-19)21-4-3-15-30-16-21/h2-16,18H,17H2,1H3,(H2,31,32,33)/t18-/m0/s1. The number of benzene rings is 3. The molecule has 184 valence electrons. The van der Waals surface area contributed by atoms with Crippen LogP contribution in [0.5, 0.6) is 0 Å². The molecule has 1 heterocycles. The lowest BCUT2D eigenvalue weighted by atomic mass is 10.1. The van der Waals surface area contributed by atoms with Crippen LogP contribution in [0.25, 0.3) is 11.1 Å². The lowest BCUT2D eigenvalue weighted by Gasteiger charge is -2.17. The van der Waals surface area contributed by atoms with Crippen molar-refractivity contribution in [3.8, 4) is 11.1 Å². The predicted molar refractivity (Wildman–Crippen MR) is 144 cm³/mol. The van der Waals surface area contributed by atoms with E-state index in [1.807, 2.05) is 24.3 Å². The molecule has 0 unspecified atom stereocenters. The van der Waals surface area contributed by atoms with E-state index in [0.29, 0.717) is 26.9 Å². The van der Waals surface area contributed by atoms with Gasteiger partial charge in [-0.15, -0.1) is 0 Å². The fraction of sp³-hybridized carbons (Fsp3) is 0.111. The zero-order valence-electron chi connectivity index (χ0n) is 19.3. The molecule has 0 radical (unpaired) electrons. The average Bonchev–Trinajstić information content (AvgIpc) is 2.86. The molecule has 0 saturated heterocycles. The maximum atomic E-state index is 12.9. The third-order valence-electron chi connectivity index (χ3n) is 5.57. The molecule has 36 heavy (non-hydrogen) atoms. The first kappa shape index (κ1) is 25.7. The Balaban J connectivity index is 1.38. The van der Waals surface area contributed by atoms with Crippen molar-refractivity contribution in [3.63, 3.8) is 0 Å². The van der Waals surface area contributed by atoms with Crippen molar-refractivity contribution < 1.29 is 13.2 Å². The number of nitrogens with one attached hydrogen (secondary N) is 2. The van der Waals surface area contributed by atoms with Gasteiger partial charge in [-0.05, 0) is 65.6 Å². The highest BCUT2D eigenvalue weighted by Crippen LogP contribution is 2.30. The molecule has 4 aromatic rings. The smallest absolute Gasteiger partial charge is 0.319 e. The fourth-order valence-electron chi connectivity index (χ4n) is 3.67. The van der Waals surface area contributed by atoms with Gasteiger partial charge < -0.3 is 10.6 Å². The Bertz CT molecular complexity index is 1460. The number of carbonyl (C=O) groups excluding carboxylic acids is 1. The Hall–Kier alpha value is -3.39. The van der Waals surface area contributed by atoms with Gasteiger partial charge in [0.15, 0.2) is 9.84 Å². The van der Waals surface area contributed by atoms with Crippen LogP contribution in [0.4, 0.5) is 10.5 Å². The Kier molecular flexibility index (Phi) is 7.94. The topological polar surface area (TPSA) is 88.2 Å². The second kappa shape index (κ2) is 11.1. The molecule has 0 fully saturated rings. The molecule has 0 spiro atoms. The van der Waals surface area contributed by atoms with E-state index in [0.717, 1.165) is 11.1 Å². The van der Waals surface area contributed by atoms with Crippen LogP contribution in [-0.4, -0.2) is 19.4 Å². The quantitative estimate of drug-likeness (QED) is 0.267. The normalized spacial score (nSPS) is 12.1. The molecule has 9 heteroatoms. The largest absolute Gasteiger partial charge is 0.331 e. The summed E-state index contributed by atoms with van der Waals surface area (Å²) in [5, 5.41) is 6.28. The summed E-state index contributed by atoms with van der Waals surface area (Å²) in [5.41, 5.74) is 3.75. The minimum atomic E-state index is -3.57. The van der Waals surface area contributed by atoms with Gasteiger partial charge in [0.05, 0.1) is 26.7 Å². The van der Waals surface area contributed by atoms with Gasteiger partial charge in [0.2, 0.25) is 0 Å². The minimum absolute atomic E-state index is 0.133. The molecule has 2 amide bonds. The van der Waals surface area contributed by atoms with E-state index in [4.69, 9.17) is 23.2 Å². The number of rotatable bonds is 7. The summed E-state index contributed by atoms with van der Waals surface area (Å²) in [6, 6.07) is 21.6. The Morgan fingerprint density at radius 1 is 0.917 bits per heavy atom. The minimum Gasteiger partial charge on any atom is -0.331 e. The monoisotopic (exact) mass is 539 g/mol. The molecule has 6 nitrogen and oxygen atoms in total. The molecule has 3 aromatic carbocycles. The first-order valence-corrected chi connectivity index (χ1v) is 13.5. The van der Waals surface area contributed by atoms with Gasteiger partial charge in [0.1, 0.15) is 0 Å². The molecule has 0 aliphatic rings. The summed E-state index contributed by atoms with van der Waals surface area (Å²) in [4.78, 5) is 16.7. The number of aromatic nitrogens is 1. The number of amides is 2. The van der Waals surface area contributed by atoms with Gasteiger partial charge in [0, 0.05) is 18.1 Å². The van der Waals surface area contributed by atoms with Crippen molar-refractivity contribution in [3.05, 3.63) is 112 Å². The number of halogens is 2. The number of hydrogen-bond acceptors (Lipinski definition) is 4. The molecule has 1 aromatic heterocycles. The predicted octanol–water partition coefficient (Wildman–Crippen LogP) is 6.91. The van der Waals surface area contributed by atoms with Crippen molar-refractivity contribution in [2.45, 2.75) is 23.6 Å². The Morgan fingerprint density at radius 3 is 2.31 bits per heavy atom. The molecule has 0 aliphatic heterocycles.